The van der Waals surface area contributed by atoms with Gasteiger partial charge in [-0.3, -0.25) is 4.79 Å². The summed E-state index contributed by atoms with van der Waals surface area (Å²) >= 11 is 0. The van der Waals surface area contributed by atoms with Crippen LogP contribution in [-0.2, 0) is 4.79 Å². The van der Waals surface area contributed by atoms with Gasteiger partial charge < -0.3 is 14.8 Å². The van der Waals surface area contributed by atoms with Crippen LogP contribution in [0.1, 0.15) is 23.6 Å². The molecule has 0 spiro atoms. The molecule has 28 heavy (non-hydrogen) atoms. The molecule has 0 aliphatic rings. The quantitative estimate of drug-likeness (QED) is 0.692. The van der Waals surface area contributed by atoms with Crippen molar-refractivity contribution >= 4 is 11.7 Å². The van der Waals surface area contributed by atoms with Gasteiger partial charge in [-0.2, -0.15) is 0 Å². The number of hydrogen-bond acceptors (Lipinski definition) is 6. The summed E-state index contributed by atoms with van der Waals surface area (Å²) < 4.78 is 15.9. The van der Waals surface area contributed by atoms with Crippen molar-refractivity contribution in [1.29, 1.82) is 0 Å². The first kappa shape index (κ1) is 19.4. The third-order valence-corrected chi connectivity index (χ3v) is 4.56. The van der Waals surface area contributed by atoms with Crippen LogP contribution in [0.4, 0.5) is 5.82 Å². The fourth-order valence-electron chi connectivity index (χ4n) is 2.75. The molecule has 1 atom stereocenters. The first-order valence-electron chi connectivity index (χ1n) is 8.91. The van der Waals surface area contributed by atoms with Gasteiger partial charge in [-0.05, 0) is 85.0 Å². The van der Waals surface area contributed by atoms with E-state index in [0.29, 0.717) is 11.4 Å². The van der Waals surface area contributed by atoms with Crippen LogP contribution >= 0.6 is 0 Å². The normalized spacial score (nSPS) is 11.8. The van der Waals surface area contributed by atoms with Crippen molar-refractivity contribution in [3.05, 3.63) is 53.1 Å². The van der Waals surface area contributed by atoms with Crippen LogP contribution in [0.15, 0.2) is 41.0 Å². The first-order valence-corrected chi connectivity index (χ1v) is 8.91. The minimum absolute atomic E-state index is 0.241. The monoisotopic (exact) mass is 381 g/mol. The van der Waals surface area contributed by atoms with E-state index in [9.17, 15) is 4.79 Å². The fourth-order valence-corrected chi connectivity index (χ4v) is 2.75. The Morgan fingerprint density at radius 2 is 1.82 bits per heavy atom. The topological polar surface area (TPSA) is 86.5 Å². The second-order valence-electron chi connectivity index (χ2n) is 6.64. The minimum Gasteiger partial charge on any atom is -0.496 e. The maximum Gasteiger partial charge on any atom is 0.266 e. The number of ether oxygens (including phenoxy) is 2. The summed E-state index contributed by atoms with van der Waals surface area (Å²) in [5, 5.41) is 10.5. The number of aryl methyl sites for hydroxylation is 3. The van der Waals surface area contributed by atoms with Gasteiger partial charge in [0.25, 0.3) is 5.91 Å². The van der Waals surface area contributed by atoms with E-state index in [1.807, 2.05) is 57.2 Å². The molecule has 0 saturated heterocycles. The van der Waals surface area contributed by atoms with Crippen LogP contribution in [0.25, 0.3) is 11.3 Å². The number of nitrogens with zero attached hydrogens (tertiary/aromatic N) is 2. The van der Waals surface area contributed by atoms with Crippen molar-refractivity contribution < 1.29 is 18.9 Å². The molecule has 2 aromatic carbocycles. The highest BCUT2D eigenvalue weighted by molar-refractivity contribution is 5.96. The number of hydrogen-bond donors (Lipinski definition) is 1. The Bertz CT molecular complexity index is 997. The average Bonchev–Trinajstić information content (AvgIpc) is 3.12. The zero-order chi connectivity index (χ0) is 20.3. The summed E-state index contributed by atoms with van der Waals surface area (Å²) in [7, 11) is 1.61. The lowest BCUT2D eigenvalue weighted by atomic mass is 10.1. The van der Waals surface area contributed by atoms with Gasteiger partial charge in [-0.1, -0.05) is 6.07 Å². The summed E-state index contributed by atoms with van der Waals surface area (Å²) in [6, 6.07) is 11.3. The largest absolute Gasteiger partial charge is 0.496 e. The molecular weight excluding hydrogens is 358 g/mol. The van der Waals surface area contributed by atoms with E-state index in [-0.39, 0.29) is 11.7 Å². The van der Waals surface area contributed by atoms with Gasteiger partial charge >= 0.3 is 0 Å². The molecule has 0 fully saturated rings. The van der Waals surface area contributed by atoms with Crippen molar-refractivity contribution in [3.63, 3.8) is 0 Å². The number of benzene rings is 2. The third-order valence-electron chi connectivity index (χ3n) is 4.56. The molecule has 0 radical (unpaired) electrons. The second-order valence-corrected chi connectivity index (χ2v) is 6.64. The fraction of sp³-hybridized carbons (Fsp3) is 0.286. The van der Waals surface area contributed by atoms with Crippen LogP contribution in [-0.4, -0.2) is 29.4 Å². The zero-order valence-corrected chi connectivity index (χ0v) is 16.6. The van der Waals surface area contributed by atoms with E-state index in [4.69, 9.17) is 14.1 Å². The Balaban J connectivity index is 1.73. The van der Waals surface area contributed by atoms with E-state index in [2.05, 4.69) is 15.6 Å². The van der Waals surface area contributed by atoms with Gasteiger partial charge in [-0.15, -0.1) is 0 Å². The Labute approximate surface area is 163 Å². The SMILES string of the molecule is COc1ccc(-c2nonc2NC(=O)[C@@H](C)Oc2ccc(C)c(C)c2)cc1C. The zero-order valence-electron chi connectivity index (χ0n) is 16.6. The maximum absolute atomic E-state index is 12.6. The van der Waals surface area contributed by atoms with E-state index >= 15 is 0 Å². The van der Waals surface area contributed by atoms with Gasteiger partial charge in [0.2, 0.25) is 5.82 Å². The molecule has 0 unspecified atom stereocenters. The molecule has 3 rings (SSSR count). The lowest BCUT2D eigenvalue weighted by Crippen LogP contribution is -2.30. The van der Waals surface area contributed by atoms with Gasteiger partial charge in [-0.25, -0.2) is 4.63 Å². The number of rotatable bonds is 6. The molecule has 146 valence electrons. The van der Waals surface area contributed by atoms with Crippen LogP contribution in [0.3, 0.4) is 0 Å². The smallest absolute Gasteiger partial charge is 0.266 e. The van der Waals surface area contributed by atoms with Crippen molar-refractivity contribution in [2.45, 2.75) is 33.8 Å². The second kappa shape index (κ2) is 8.12. The van der Waals surface area contributed by atoms with Crippen molar-refractivity contribution in [2.75, 3.05) is 12.4 Å². The van der Waals surface area contributed by atoms with E-state index in [1.54, 1.807) is 14.0 Å². The number of aromatic nitrogens is 2. The van der Waals surface area contributed by atoms with E-state index < -0.39 is 6.10 Å². The lowest BCUT2D eigenvalue weighted by Gasteiger charge is -2.15. The highest BCUT2D eigenvalue weighted by Crippen LogP contribution is 2.29. The Morgan fingerprint density at radius 3 is 2.50 bits per heavy atom. The molecule has 1 heterocycles. The summed E-state index contributed by atoms with van der Waals surface area (Å²) in [4.78, 5) is 12.6. The van der Waals surface area contributed by atoms with Crippen LogP contribution in [0.5, 0.6) is 11.5 Å². The highest BCUT2D eigenvalue weighted by atomic mass is 16.6. The predicted octanol–water partition coefficient (Wildman–Crippen LogP) is 4.08. The van der Waals surface area contributed by atoms with Crippen LogP contribution in [0.2, 0.25) is 0 Å². The predicted molar refractivity (Wildman–Crippen MR) is 106 cm³/mol. The molecule has 0 bridgehead atoms. The molecule has 0 aliphatic heterocycles. The average molecular weight is 381 g/mol. The molecule has 1 amide bonds. The minimum atomic E-state index is -0.718. The molecule has 0 saturated carbocycles. The summed E-state index contributed by atoms with van der Waals surface area (Å²) in [5.41, 5.74) is 4.40. The number of methoxy groups -OCH3 is 1. The molecule has 0 aliphatic carbocycles. The number of nitrogens with one attached hydrogen (secondary N) is 1. The molecular formula is C21H23N3O4. The number of carbonyl (C=O) groups is 1. The molecule has 7 heteroatoms. The van der Waals surface area contributed by atoms with E-state index in [1.165, 1.54) is 0 Å². The molecule has 3 aromatic rings. The Morgan fingerprint density at radius 1 is 1.04 bits per heavy atom. The maximum atomic E-state index is 12.6. The first-order chi connectivity index (χ1) is 13.4. The summed E-state index contributed by atoms with van der Waals surface area (Å²) in [5.74, 6) is 1.29. The lowest BCUT2D eigenvalue weighted by molar-refractivity contribution is -0.122. The van der Waals surface area contributed by atoms with Gasteiger partial charge in [0.05, 0.1) is 7.11 Å². The van der Waals surface area contributed by atoms with Crippen molar-refractivity contribution in [2.24, 2.45) is 0 Å². The molecule has 7 nitrogen and oxygen atoms in total. The van der Waals surface area contributed by atoms with E-state index in [0.717, 1.165) is 28.0 Å². The van der Waals surface area contributed by atoms with Gasteiger partial charge in [0, 0.05) is 5.56 Å². The molecule has 1 N–H and O–H groups in total. The molecule has 1 aromatic heterocycles. The van der Waals surface area contributed by atoms with Gasteiger partial charge in [0.15, 0.2) is 11.8 Å². The van der Waals surface area contributed by atoms with Gasteiger partial charge in [0.1, 0.15) is 11.5 Å². The Hall–Kier alpha value is -3.35. The number of carbonyl (C=O) groups excluding carboxylic acids is 1. The van der Waals surface area contributed by atoms with Crippen molar-refractivity contribution in [3.8, 4) is 22.8 Å². The standard InChI is InChI=1S/C21H23N3O4/c1-12-6-8-17(11-13(12)2)27-15(4)21(25)22-20-19(23-28-24-20)16-7-9-18(26-5)14(3)10-16/h6-11,15H,1-5H3,(H,22,24,25)/t15-/m1/s1. The Kier molecular flexibility index (Phi) is 5.63. The van der Waals surface area contributed by atoms with Crippen molar-refractivity contribution in [1.82, 2.24) is 10.3 Å². The number of amides is 1. The van der Waals surface area contributed by atoms with Crippen LogP contribution < -0.4 is 14.8 Å². The third kappa shape index (κ3) is 4.14. The van der Waals surface area contributed by atoms with Crippen LogP contribution in [0, 0.1) is 20.8 Å². The summed E-state index contributed by atoms with van der Waals surface area (Å²) in [6.07, 6.45) is -0.718. The summed E-state index contributed by atoms with van der Waals surface area (Å²) in [6.45, 7) is 7.62. The number of anilines is 1. The highest BCUT2D eigenvalue weighted by Gasteiger charge is 2.21.